The predicted molar refractivity (Wildman–Crippen MR) is 95.8 cm³/mol. The first-order valence-electron chi connectivity index (χ1n) is 7.24. The van der Waals surface area contributed by atoms with Crippen molar-refractivity contribution in [1.82, 2.24) is 5.32 Å². The Hall–Kier alpha value is -2.14. The third-order valence-corrected chi connectivity index (χ3v) is 3.45. The highest BCUT2D eigenvalue weighted by Gasteiger charge is 2.16. The number of amides is 2. The topological polar surface area (TPSA) is 58.2 Å². The number of rotatable bonds is 3. The molecule has 0 aliphatic rings. The maximum absolute atomic E-state index is 12.3. The van der Waals surface area contributed by atoms with Gasteiger partial charge < -0.3 is 10.6 Å². The molecular weight excluding hydrogens is 356 g/mol. The van der Waals surface area contributed by atoms with Gasteiger partial charge in [-0.3, -0.25) is 9.59 Å². The lowest BCUT2D eigenvalue weighted by Gasteiger charge is -2.20. The Bertz CT molecular complexity index is 736. The molecule has 2 rings (SSSR count). The number of halogens is 1. The smallest absolute Gasteiger partial charge is 0.255 e. The van der Waals surface area contributed by atoms with Gasteiger partial charge in [-0.05, 0) is 57.2 Å². The van der Waals surface area contributed by atoms with E-state index in [9.17, 15) is 9.59 Å². The molecule has 0 saturated heterocycles. The van der Waals surface area contributed by atoms with Crippen molar-refractivity contribution in [3.8, 4) is 0 Å². The highest BCUT2D eigenvalue weighted by molar-refractivity contribution is 9.10. The maximum atomic E-state index is 12.3. The first-order chi connectivity index (χ1) is 10.7. The molecule has 0 aliphatic carbocycles. The van der Waals surface area contributed by atoms with Crippen molar-refractivity contribution in [3.05, 3.63) is 64.1 Å². The zero-order chi connectivity index (χ0) is 17.0. The van der Waals surface area contributed by atoms with Crippen LogP contribution in [0.15, 0.2) is 53.0 Å². The van der Waals surface area contributed by atoms with Gasteiger partial charge in [0.15, 0.2) is 0 Å². The minimum absolute atomic E-state index is 0.199. The van der Waals surface area contributed by atoms with E-state index in [-0.39, 0.29) is 17.4 Å². The van der Waals surface area contributed by atoms with Crippen molar-refractivity contribution < 1.29 is 9.59 Å². The van der Waals surface area contributed by atoms with E-state index in [0.29, 0.717) is 16.8 Å². The zero-order valence-electron chi connectivity index (χ0n) is 13.3. The van der Waals surface area contributed by atoms with Gasteiger partial charge in [0.25, 0.3) is 11.8 Å². The summed E-state index contributed by atoms with van der Waals surface area (Å²) in [6.45, 7) is 5.73. The Morgan fingerprint density at radius 3 is 2.13 bits per heavy atom. The van der Waals surface area contributed by atoms with E-state index in [1.165, 1.54) is 0 Å². The molecule has 0 bridgehead atoms. The lowest BCUT2D eigenvalue weighted by Crippen LogP contribution is -2.40. The lowest BCUT2D eigenvalue weighted by molar-refractivity contribution is 0.0919. The van der Waals surface area contributed by atoms with Gasteiger partial charge in [-0.1, -0.05) is 28.1 Å². The second-order valence-corrected chi connectivity index (χ2v) is 7.17. The quantitative estimate of drug-likeness (QED) is 0.844. The highest BCUT2D eigenvalue weighted by atomic mass is 79.9. The molecule has 2 N–H and O–H groups in total. The summed E-state index contributed by atoms with van der Waals surface area (Å²) in [5.41, 5.74) is 1.26. The van der Waals surface area contributed by atoms with Crippen molar-refractivity contribution >= 4 is 33.4 Å². The van der Waals surface area contributed by atoms with Crippen LogP contribution in [0.4, 0.5) is 5.69 Å². The lowest BCUT2D eigenvalue weighted by atomic mass is 10.1. The number of carbonyl (C=O) groups excluding carboxylic acids is 2. The second kappa shape index (κ2) is 6.96. The first kappa shape index (κ1) is 17.2. The zero-order valence-corrected chi connectivity index (χ0v) is 14.9. The van der Waals surface area contributed by atoms with Crippen LogP contribution in [-0.4, -0.2) is 17.4 Å². The Labute approximate surface area is 144 Å². The van der Waals surface area contributed by atoms with Gasteiger partial charge in [-0.25, -0.2) is 0 Å². The van der Waals surface area contributed by atoms with Crippen molar-refractivity contribution in [1.29, 1.82) is 0 Å². The number of hydrogen-bond donors (Lipinski definition) is 2. The Morgan fingerprint density at radius 2 is 1.52 bits per heavy atom. The van der Waals surface area contributed by atoms with Crippen LogP contribution in [-0.2, 0) is 0 Å². The fraction of sp³-hybridized carbons (Fsp3) is 0.222. The number of carbonyl (C=O) groups is 2. The monoisotopic (exact) mass is 374 g/mol. The van der Waals surface area contributed by atoms with Crippen LogP contribution in [0.3, 0.4) is 0 Å². The molecule has 0 radical (unpaired) electrons. The molecule has 0 spiro atoms. The number of nitrogens with one attached hydrogen (secondary N) is 2. The summed E-state index contributed by atoms with van der Waals surface area (Å²) in [7, 11) is 0. The molecule has 0 saturated carbocycles. The van der Waals surface area contributed by atoms with Crippen LogP contribution >= 0.6 is 15.9 Å². The molecule has 4 nitrogen and oxygen atoms in total. The average Bonchev–Trinajstić information content (AvgIpc) is 2.45. The van der Waals surface area contributed by atoms with E-state index in [2.05, 4.69) is 26.6 Å². The predicted octanol–water partition coefficient (Wildman–Crippen LogP) is 4.23. The van der Waals surface area contributed by atoms with E-state index in [1.54, 1.807) is 30.3 Å². The van der Waals surface area contributed by atoms with E-state index < -0.39 is 0 Å². The van der Waals surface area contributed by atoms with Crippen LogP contribution < -0.4 is 10.6 Å². The largest absolute Gasteiger partial charge is 0.347 e. The summed E-state index contributed by atoms with van der Waals surface area (Å²) in [6.07, 6.45) is 0. The molecule has 2 aromatic rings. The van der Waals surface area contributed by atoms with Gasteiger partial charge in [-0.2, -0.15) is 0 Å². The van der Waals surface area contributed by atoms with Crippen molar-refractivity contribution in [2.24, 2.45) is 0 Å². The van der Waals surface area contributed by atoms with Crippen LogP contribution in [0.5, 0.6) is 0 Å². The van der Waals surface area contributed by atoms with E-state index in [0.717, 1.165) is 4.47 Å². The van der Waals surface area contributed by atoms with Gasteiger partial charge in [0.05, 0.1) is 0 Å². The third kappa shape index (κ3) is 5.21. The summed E-state index contributed by atoms with van der Waals surface area (Å²) in [6, 6.07) is 14.0. The third-order valence-electron chi connectivity index (χ3n) is 2.96. The van der Waals surface area contributed by atoms with Crippen molar-refractivity contribution in [2.45, 2.75) is 26.3 Å². The average molecular weight is 375 g/mol. The summed E-state index contributed by atoms with van der Waals surface area (Å²) in [5, 5.41) is 5.69. The summed E-state index contributed by atoms with van der Waals surface area (Å²) in [5.74, 6) is -0.455. The van der Waals surface area contributed by atoms with Gasteiger partial charge in [-0.15, -0.1) is 0 Å². The summed E-state index contributed by atoms with van der Waals surface area (Å²) in [4.78, 5) is 24.5. The van der Waals surface area contributed by atoms with E-state index >= 15 is 0 Å². The minimum atomic E-state index is -0.328. The van der Waals surface area contributed by atoms with Gasteiger partial charge in [0.2, 0.25) is 0 Å². The molecule has 0 heterocycles. The molecule has 2 amide bonds. The van der Waals surface area contributed by atoms with Gasteiger partial charge in [0.1, 0.15) is 0 Å². The standard InChI is InChI=1S/C18H19BrN2O2/c1-18(2,3)21-17(23)13-7-4-6-12(10-13)16(22)20-15-9-5-8-14(19)11-15/h4-11H,1-3H3,(H,20,22)(H,21,23). The van der Waals surface area contributed by atoms with Gasteiger partial charge in [0, 0.05) is 26.8 Å². The molecule has 0 fully saturated rings. The molecule has 0 atom stereocenters. The van der Waals surface area contributed by atoms with Crippen LogP contribution in [0.25, 0.3) is 0 Å². The van der Waals surface area contributed by atoms with E-state index in [1.807, 2.05) is 39.0 Å². The minimum Gasteiger partial charge on any atom is -0.347 e. The number of benzene rings is 2. The molecule has 0 unspecified atom stereocenters. The number of anilines is 1. The first-order valence-corrected chi connectivity index (χ1v) is 8.03. The molecular formula is C18H19BrN2O2. The summed E-state index contributed by atoms with van der Waals surface area (Å²) >= 11 is 3.36. The Morgan fingerprint density at radius 1 is 0.913 bits per heavy atom. The molecule has 120 valence electrons. The Kier molecular flexibility index (Phi) is 5.21. The summed E-state index contributed by atoms with van der Waals surface area (Å²) < 4.78 is 0.883. The van der Waals surface area contributed by atoms with E-state index in [4.69, 9.17) is 0 Å². The van der Waals surface area contributed by atoms with Gasteiger partial charge >= 0.3 is 0 Å². The Balaban J connectivity index is 2.16. The van der Waals surface area contributed by atoms with Crippen LogP contribution in [0, 0.1) is 0 Å². The second-order valence-electron chi connectivity index (χ2n) is 6.25. The molecule has 23 heavy (non-hydrogen) atoms. The fourth-order valence-electron chi connectivity index (χ4n) is 1.98. The maximum Gasteiger partial charge on any atom is 0.255 e. The highest BCUT2D eigenvalue weighted by Crippen LogP contribution is 2.17. The molecule has 2 aromatic carbocycles. The fourth-order valence-corrected chi connectivity index (χ4v) is 2.38. The van der Waals surface area contributed by atoms with Crippen molar-refractivity contribution in [3.63, 3.8) is 0 Å². The number of hydrogen-bond acceptors (Lipinski definition) is 2. The SMILES string of the molecule is CC(C)(C)NC(=O)c1cccc(C(=O)Nc2cccc(Br)c2)c1. The van der Waals surface area contributed by atoms with Crippen LogP contribution in [0.2, 0.25) is 0 Å². The normalized spacial score (nSPS) is 11.0. The molecule has 5 heteroatoms. The van der Waals surface area contributed by atoms with Crippen molar-refractivity contribution in [2.75, 3.05) is 5.32 Å². The van der Waals surface area contributed by atoms with Crippen LogP contribution in [0.1, 0.15) is 41.5 Å². The molecule has 0 aliphatic heterocycles. The molecule has 0 aromatic heterocycles.